The number of rotatable bonds is 3. The molecule has 4 atom stereocenters. The molecular weight excluding hydrogens is 429 g/mol. The third kappa shape index (κ3) is 3.86. The number of nitrogens with one attached hydrogen (secondary N) is 1. The largest absolute Gasteiger partial charge is 0.490 e. The fourth-order valence-electron chi connectivity index (χ4n) is 5.45. The lowest BCUT2D eigenvalue weighted by molar-refractivity contribution is -0.0118. The molecule has 0 bridgehead atoms. The van der Waals surface area contributed by atoms with Crippen molar-refractivity contribution >= 4 is 19.3 Å². The molecule has 1 N–H and O–H groups in total. The molecule has 1 aromatic rings. The standard InChI is InChI=1S/C26H36BN3O4/c1-8-26(7)25(5,6)33-27(34-26)17-12-13-18-19(15-17)29-22(28-18)21-14-16-10-9-11-20(16)30(21)23(31)32-24(2,3)4/h10-11,15-16,20-21H,8,12-14H2,1-7H3,(H,28,29). The Kier molecular flexibility index (Phi) is 5.43. The van der Waals surface area contributed by atoms with Crippen LogP contribution in [0.1, 0.15) is 91.0 Å². The molecule has 0 aromatic carbocycles. The SMILES string of the molecule is CCC1(C)OB(C2=Cc3nc(C4CC5C=C=CC5N4C(=O)OC(C)(C)C)[nH]c3CC2)OC1(C)C. The number of amides is 1. The Morgan fingerprint density at radius 2 is 2.06 bits per heavy atom. The van der Waals surface area contributed by atoms with Crippen LogP contribution >= 0.6 is 0 Å². The first-order chi connectivity index (χ1) is 15.9. The van der Waals surface area contributed by atoms with Crippen molar-refractivity contribution in [2.45, 2.75) is 103 Å². The highest BCUT2D eigenvalue weighted by Gasteiger charge is 2.54. The highest BCUT2D eigenvalue weighted by atomic mass is 16.7. The van der Waals surface area contributed by atoms with Crippen LogP contribution in [0.25, 0.3) is 6.08 Å². The van der Waals surface area contributed by atoms with Gasteiger partial charge in [-0.3, -0.25) is 4.90 Å². The van der Waals surface area contributed by atoms with Crippen molar-refractivity contribution in [3.05, 3.63) is 40.6 Å². The molecule has 7 nitrogen and oxygen atoms in total. The van der Waals surface area contributed by atoms with Crippen LogP contribution in [0, 0.1) is 5.92 Å². The molecule has 0 radical (unpaired) electrons. The normalized spacial score (nSPS) is 31.6. The van der Waals surface area contributed by atoms with Gasteiger partial charge in [0.1, 0.15) is 11.4 Å². The van der Waals surface area contributed by atoms with Crippen LogP contribution in [0.4, 0.5) is 4.79 Å². The number of likely N-dealkylation sites (tertiary alicyclic amines) is 1. The van der Waals surface area contributed by atoms with E-state index in [4.69, 9.17) is 19.0 Å². The number of nitrogens with zero attached hydrogens (tertiary/aromatic N) is 2. The van der Waals surface area contributed by atoms with Gasteiger partial charge in [-0.2, -0.15) is 0 Å². The number of aromatic amines is 1. The Morgan fingerprint density at radius 1 is 1.29 bits per heavy atom. The number of imidazole rings is 1. The lowest BCUT2D eigenvalue weighted by atomic mass is 9.73. The highest BCUT2D eigenvalue weighted by Crippen LogP contribution is 2.45. The van der Waals surface area contributed by atoms with Crippen molar-refractivity contribution in [1.82, 2.24) is 14.9 Å². The summed E-state index contributed by atoms with van der Waals surface area (Å²) in [6.45, 7) is 14.1. The molecule has 8 heteroatoms. The van der Waals surface area contributed by atoms with Crippen LogP contribution in [0.3, 0.4) is 0 Å². The monoisotopic (exact) mass is 465 g/mol. The minimum atomic E-state index is -0.558. The van der Waals surface area contributed by atoms with Crippen molar-refractivity contribution in [2.75, 3.05) is 0 Å². The summed E-state index contributed by atoms with van der Waals surface area (Å²) >= 11 is 0. The van der Waals surface area contributed by atoms with E-state index in [9.17, 15) is 4.79 Å². The van der Waals surface area contributed by atoms with E-state index in [0.29, 0.717) is 0 Å². The summed E-state index contributed by atoms with van der Waals surface area (Å²) in [4.78, 5) is 23.5. The fraction of sp³-hybridized carbons (Fsp3) is 0.654. The molecule has 4 unspecified atom stereocenters. The molecule has 2 aliphatic carbocycles. The maximum Gasteiger partial charge on any atom is 0.490 e. The van der Waals surface area contributed by atoms with Gasteiger partial charge in [0, 0.05) is 11.6 Å². The van der Waals surface area contributed by atoms with E-state index < -0.39 is 5.60 Å². The van der Waals surface area contributed by atoms with E-state index in [1.54, 1.807) is 0 Å². The average Bonchev–Trinajstić information content (AvgIpc) is 3.47. The lowest BCUT2D eigenvalue weighted by Crippen LogP contribution is -2.44. The van der Waals surface area contributed by atoms with E-state index in [2.05, 4.69) is 50.6 Å². The van der Waals surface area contributed by atoms with Gasteiger partial charge in [0.25, 0.3) is 0 Å². The number of hydrogen-bond acceptors (Lipinski definition) is 5. The molecule has 1 amide bonds. The van der Waals surface area contributed by atoms with Crippen molar-refractivity contribution < 1.29 is 18.8 Å². The Labute approximate surface area is 202 Å². The van der Waals surface area contributed by atoms with Crippen molar-refractivity contribution in [1.29, 1.82) is 0 Å². The summed E-state index contributed by atoms with van der Waals surface area (Å²) in [6.07, 6.45) is 9.20. The number of aryl methyl sites for hydroxylation is 1. The zero-order valence-corrected chi connectivity index (χ0v) is 21.4. The second-order valence-electron chi connectivity index (χ2n) is 11.7. The van der Waals surface area contributed by atoms with Crippen LogP contribution in [0.5, 0.6) is 0 Å². The van der Waals surface area contributed by atoms with Crippen molar-refractivity contribution in [2.24, 2.45) is 5.92 Å². The number of H-pyrrole nitrogens is 1. The maximum atomic E-state index is 13.2. The van der Waals surface area contributed by atoms with Crippen LogP contribution in [0.2, 0.25) is 0 Å². The van der Waals surface area contributed by atoms with E-state index >= 15 is 0 Å². The predicted octanol–water partition coefficient (Wildman–Crippen LogP) is 5.15. The van der Waals surface area contributed by atoms with Gasteiger partial charge in [0.2, 0.25) is 0 Å². The molecular formula is C26H36BN3O4. The van der Waals surface area contributed by atoms with Crippen LogP contribution in [-0.4, -0.2) is 50.9 Å². The summed E-state index contributed by atoms with van der Waals surface area (Å²) in [7, 11) is -0.354. The van der Waals surface area contributed by atoms with Gasteiger partial charge >= 0.3 is 13.2 Å². The Morgan fingerprint density at radius 3 is 2.74 bits per heavy atom. The van der Waals surface area contributed by atoms with E-state index in [1.807, 2.05) is 31.7 Å². The first-order valence-corrected chi connectivity index (χ1v) is 12.5. The molecule has 2 saturated heterocycles. The van der Waals surface area contributed by atoms with Gasteiger partial charge in [-0.15, -0.1) is 5.73 Å². The summed E-state index contributed by atoms with van der Waals surface area (Å²) in [5.41, 5.74) is 5.07. The third-order valence-electron chi connectivity index (χ3n) is 7.92. The Balaban J connectivity index is 1.40. The third-order valence-corrected chi connectivity index (χ3v) is 7.92. The molecule has 3 heterocycles. The first-order valence-electron chi connectivity index (χ1n) is 12.5. The molecule has 5 rings (SSSR count). The number of carbonyl (C=O) groups excluding carboxylic acids is 1. The Bertz CT molecular complexity index is 1090. The lowest BCUT2D eigenvalue weighted by Gasteiger charge is -2.35. The first kappa shape index (κ1) is 23.5. The number of ether oxygens (including phenoxy) is 1. The summed E-state index contributed by atoms with van der Waals surface area (Å²) in [5, 5.41) is 0. The highest BCUT2D eigenvalue weighted by molar-refractivity contribution is 6.55. The minimum absolute atomic E-state index is 0.0395. The molecule has 1 aromatic heterocycles. The quantitative estimate of drug-likeness (QED) is 0.494. The fourth-order valence-corrected chi connectivity index (χ4v) is 5.45. The second-order valence-corrected chi connectivity index (χ2v) is 11.7. The Hall–Kier alpha value is -2.28. The van der Waals surface area contributed by atoms with Gasteiger partial charge in [-0.1, -0.05) is 6.92 Å². The van der Waals surface area contributed by atoms with E-state index in [1.165, 1.54) is 0 Å². The van der Waals surface area contributed by atoms with Crippen molar-refractivity contribution in [3.63, 3.8) is 0 Å². The molecule has 34 heavy (non-hydrogen) atoms. The number of hydrogen-bond donors (Lipinski definition) is 1. The molecule has 2 fully saturated rings. The van der Waals surface area contributed by atoms with Gasteiger partial charge in [0.15, 0.2) is 0 Å². The van der Waals surface area contributed by atoms with Crippen LogP contribution < -0.4 is 0 Å². The number of aromatic nitrogens is 2. The second kappa shape index (κ2) is 7.87. The zero-order chi connectivity index (χ0) is 24.5. The van der Waals surface area contributed by atoms with Crippen LogP contribution in [-0.2, 0) is 20.5 Å². The van der Waals surface area contributed by atoms with Gasteiger partial charge in [0.05, 0.1) is 29.0 Å². The summed E-state index contributed by atoms with van der Waals surface area (Å²) < 4.78 is 18.5. The van der Waals surface area contributed by atoms with Crippen LogP contribution in [0.15, 0.2) is 23.4 Å². The predicted molar refractivity (Wildman–Crippen MR) is 131 cm³/mol. The van der Waals surface area contributed by atoms with Gasteiger partial charge in [-0.25, -0.2) is 9.78 Å². The molecule has 0 spiro atoms. The minimum Gasteiger partial charge on any atom is -0.444 e. The van der Waals surface area contributed by atoms with Gasteiger partial charge < -0.3 is 19.0 Å². The average molecular weight is 465 g/mol. The molecule has 0 saturated carbocycles. The molecule has 4 aliphatic rings. The zero-order valence-electron chi connectivity index (χ0n) is 21.4. The smallest absolute Gasteiger partial charge is 0.444 e. The van der Waals surface area contributed by atoms with Gasteiger partial charge in [-0.05, 0) is 90.9 Å². The molecule has 2 aliphatic heterocycles. The summed E-state index contributed by atoms with van der Waals surface area (Å²) in [6, 6.07) is -0.203. The maximum absolute atomic E-state index is 13.2. The van der Waals surface area contributed by atoms with E-state index in [-0.39, 0.29) is 42.4 Å². The number of carbonyl (C=O) groups is 1. The number of allylic oxidation sites excluding steroid dienone is 1. The van der Waals surface area contributed by atoms with Crippen molar-refractivity contribution in [3.8, 4) is 0 Å². The summed E-state index contributed by atoms with van der Waals surface area (Å²) in [5.74, 6) is 1.05. The molecule has 182 valence electrons. The topological polar surface area (TPSA) is 76.7 Å². The number of fused-ring (bicyclic) bond motifs is 2. The van der Waals surface area contributed by atoms with E-state index in [0.717, 1.165) is 48.4 Å².